The largest absolute Gasteiger partial charge is 0.339 e. The second-order valence-electron chi connectivity index (χ2n) is 8.86. The third kappa shape index (κ3) is 3.59. The topological polar surface area (TPSA) is 40.6 Å². The van der Waals surface area contributed by atoms with Crippen molar-refractivity contribution in [2.75, 3.05) is 13.1 Å². The van der Waals surface area contributed by atoms with Crippen LogP contribution >= 0.6 is 0 Å². The first-order chi connectivity index (χ1) is 12.2. The molecule has 2 heterocycles. The van der Waals surface area contributed by atoms with E-state index in [9.17, 15) is 9.59 Å². The predicted molar refractivity (Wildman–Crippen MR) is 98.0 cm³/mol. The van der Waals surface area contributed by atoms with E-state index in [0.29, 0.717) is 23.9 Å². The van der Waals surface area contributed by atoms with Crippen molar-refractivity contribution < 1.29 is 9.59 Å². The quantitative estimate of drug-likeness (QED) is 0.715. The number of rotatable bonds is 2. The van der Waals surface area contributed by atoms with Gasteiger partial charge < -0.3 is 9.80 Å². The summed E-state index contributed by atoms with van der Waals surface area (Å²) in [6, 6.07) is 0.846. The Morgan fingerprint density at radius 3 is 1.48 bits per heavy atom. The highest BCUT2D eigenvalue weighted by atomic mass is 16.2. The second-order valence-corrected chi connectivity index (χ2v) is 8.86. The zero-order chi connectivity index (χ0) is 17.2. The first-order valence-electron chi connectivity index (χ1n) is 10.8. The lowest BCUT2D eigenvalue weighted by Gasteiger charge is -2.46. The fraction of sp³-hybridized carbons (Fsp3) is 0.905. The van der Waals surface area contributed by atoms with Gasteiger partial charge in [0.25, 0.3) is 0 Å². The number of carbonyl (C=O) groups is 2. The number of likely N-dealkylation sites (tertiary alicyclic amines) is 2. The highest BCUT2D eigenvalue weighted by molar-refractivity contribution is 5.97. The van der Waals surface area contributed by atoms with Crippen LogP contribution in [0.1, 0.15) is 83.5 Å². The lowest BCUT2D eigenvalue weighted by Crippen LogP contribution is -2.53. The van der Waals surface area contributed by atoms with Gasteiger partial charge in [-0.05, 0) is 63.2 Å². The van der Waals surface area contributed by atoms with Gasteiger partial charge in [0.1, 0.15) is 6.42 Å². The molecule has 0 aromatic rings. The van der Waals surface area contributed by atoms with Gasteiger partial charge in [-0.25, -0.2) is 0 Å². The van der Waals surface area contributed by atoms with E-state index in [-0.39, 0.29) is 18.2 Å². The summed E-state index contributed by atoms with van der Waals surface area (Å²) in [6.07, 6.45) is 14.9. The highest BCUT2D eigenvalue weighted by Gasteiger charge is 2.39. The molecule has 4 aliphatic rings. The molecular formula is C21H34N2O2. The Bertz CT molecular complexity index is 458. The zero-order valence-corrected chi connectivity index (χ0v) is 15.6. The molecule has 4 unspecified atom stereocenters. The molecule has 0 N–H and O–H groups in total. The second kappa shape index (κ2) is 7.67. The van der Waals surface area contributed by atoms with Gasteiger partial charge in [-0.1, -0.05) is 25.7 Å². The summed E-state index contributed by atoms with van der Waals surface area (Å²) >= 11 is 0. The van der Waals surface area contributed by atoms with E-state index in [1.165, 1.54) is 51.4 Å². The Kier molecular flexibility index (Phi) is 5.33. The van der Waals surface area contributed by atoms with Gasteiger partial charge in [0.15, 0.2) is 0 Å². The third-order valence-electron chi connectivity index (χ3n) is 7.43. The van der Waals surface area contributed by atoms with Gasteiger partial charge in [0, 0.05) is 25.2 Å². The molecule has 4 heteroatoms. The van der Waals surface area contributed by atoms with Crippen LogP contribution in [-0.2, 0) is 9.59 Å². The Labute approximate surface area is 152 Å². The summed E-state index contributed by atoms with van der Waals surface area (Å²) in [7, 11) is 0. The van der Waals surface area contributed by atoms with Crippen molar-refractivity contribution in [2.24, 2.45) is 11.8 Å². The van der Waals surface area contributed by atoms with Crippen molar-refractivity contribution in [3.05, 3.63) is 0 Å². The Morgan fingerprint density at radius 1 is 0.600 bits per heavy atom. The lowest BCUT2D eigenvalue weighted by molar-refractivity contribution is -0.147. The molecular weight excluding hydrogens is 312 g/mol. The molecule has 4 atom stereocenters. The molecule has 0 aromatic carbocycles. The van der Waals surface area contributed by atoms with Crippen LogP contribution in [0.3, 0.4) is 0 Å². The summed E-state index contributed by atoms with van der Waals surface area (Å²) in [4.78, 5) is 30.1. The number of piperidine rings is 2. The normalized spacial score (nSPS) is 35.7. The minimum Gasteiger partial charge on any atom is -0.339 e. The van der Waals surface area contributed by atoms with E-state index in [1.54, 1.807) is 0 Å². The van der Waals surface area contributed by atoms with E-state index in [0.717, 1.165) is 38.8 Å². The molecule has 2 amide bonds. The van der Waals surface area contributed by atoms with Crippen LogP contribution in [-0.4, -0.2) is 46.8 Å². The van der Waals surface area contributed by atoms with Crippen LogP contribution in [0.5, 0.6) is 0 Å². The van der Waals surface area contributed by atoms with E-state index in [1.807, 2.05) is 0 Å². The molecule has 0 aromatic heterocycles. The monoisotopic (exact) mass is 346 g/mol. The van der Waals surface area contributed by atoms with Gasteiger partial charge in [-0.2, -0.15) is 0 Å². The maximum atomic E-state index is 12.9. The average Bonchev–Trinajstić information content (AvgIpc) is 2.67. The van der Waals surface area contributed by atoms with Crippen molar-refractivity contribution in [2.45, 2.75) is 95.6 Å². The van der Waals surface area contributed by atoms with Crippen molar-refractivity contribution in [1.29, 1.82) is 0 Å². The average molecular weight is 347 g/mol. The molecule has 2 aliphatic heterocycles. The first kappa shape index (κ1) is 17.4. The van der Waals surface area contributed by atoms with E-state index >= 15 is 0 Å². The maximum Gasteiger partial charge on any atom is 0.232 e. The molecule has 4 nitrogen and oxygen atoms in total. The molecule has 0 radical (unpaired) electrons. The van der Waals surface area contributed by atoms with Crippen LogP contribution < -0.4 is 0 Å². The number of carbonyl (C=O) groups excluding carboxylic acids is 2. The zero-order valence-electron chi connectivity index (χ0n) is 15.6. The Balaban J connectivity index is 1.38. The lowest BCUT2D eigenvalue weighted by atomic mass is 9.78. The maximum absolute atomic E-state index is 12.9. The Morgan fingerprint density at radius 2 is 1.00 bits per heavy atom. The number of hydrogen-bond acceptors (Lipinski definition) is 2. The number of amides is 2. The summed E-state index contributed by atoms with van der Waals surface area (Å²) in [5.74, 6) is 1.61. The highest BCUT2D eigenvalue weighted by Crippen LogP contribution is 2.37. The van der Waals surface area contributed by atoms with Crippen LogP contribution in [0.15, 0.2) is 0 Å². The van der Waals surface area contributed by atoms with E-state index < -0.39 is 0 Å². The molecule has 0 bridgehead atoms. The molecule has 2 aliphatic carbocycles. The van der Waals surface area contributed by atoms with Gasteiger partial charge in [0.05, 0.1) is 0 Å². The summed E-state index contributed by atoms with van der Waals surface area (Å²) in [6.45, 7) is 1.75. The van der Waals surface area contributed by atoms with Gasteiger partial charge in [-0.3, -0.25) is 9.59 Å². The van der Waals surface area contributed by atoms with E-state index in [4.69, 9.17) is 0 Å². The van der Waals surface area contributed by atoms with E-state index in [2.05, 4.69) is 9.80 Å². The fourth-order valence-electron chi connectivity index (χ4n) is 6.20. The molecule has 2 saturated carbocycles. The van der Waals surface area contributed by atoms with Crippen molar-refractivity contribution in [1.82, 2.24) is 9.80 Å². The summed E-state index contributed by atoms with van der Waals surface area (Å²) < 4.78 is 0. The number of nitrogens with zero attached hydrogens (tertiary/aromatic N) is 2. The van der Waals surface area contributed by atoms with Crippen LogP contribution in [0.2, 0.25) is 0 Å². The molecule has 140 valence electrons. The van der Waals surface area contributed by atoms with Gasteiger partial charge >= 0.3 is 0 Å². The summed E-state index contributed by atoms with van der Waals surface area (Å²) in [5, 5.41) is 0. The number of fused-ring (bicyclic) bond motifs is 2. The minimum atomic E-state index is 0.111. The molecule has 2 saturated heterocycles. The standard InChI is InChI=1S/C21H34N2O2/c24-20(22-13-5-9-16-7-1-3-11-18(16)22)15-21(25)23-14-6-10-17-8-2-4-12-19(17)23/h16-19H,1-15H2. The predicted octanol–water partition coefficient (Wildman–Crippen LogP) is 3.74. The fourth-order valence-corrected chi connectivity index (χ4v) is 6.20. The summed E-state index contributed by atoms with van der Waals surface area (Å²) in [5.41, 5.74) is 0. The SMILES string of the molecule is O=C(CC(=O)N1CCCC2CCCCC21)N1CCCC2CCCCC21. The van der Waals surface area contributed by atoms with Crippen molar-refractivity contribution in [3.8, 4) is 0 Å². The first-order valence-corrected chi connectivity index (χ1v) is 10.8. The van der Waals surface area contributed by atoms with Crippen molar-refractivity contribution >= 4 is 11.8 Å². The van der Waals surface area contributed by atoms with Crippen LogP contribution in [0.25, 0.3) is 0 Å². The molecule has 4 fully saturated rings. The Hall–Kier alpha value is -1.06. The van der Waals surface area contributed by atoms with Gasteiger partial charge in [-0.15, -0.1) is 0 Å². The molecule has 0 spiro atoms. The smallest absolute Gasteiger partial charge is 0.232 e. The number of hydrogen-bond donors (Lipinski definition) is 0. The molecule has 4 rings (SSSR count). The van der Waals surface area contributed by atoms with Crippen LogP contribution in [0.4, 0.5) is 0 Å². The van der Waals surface area contributed by atoms with Gasteiger partial charge in [0.2, 0.25) is 11.8 Å². The third-order valence-corrected chi connectivity index (χ3v) is 7.43. The van der Waals surface area contributed by atoms with Crippen LogP contribution in [0, 0.1) is 11.8 Å². The van der Waals surface area contributed by atoms with Crippen molar-refractivity contribution in [3.63, 3.8) is 0 Å². The minimum absolute atomic E-state index is 0.111. The molecule has 25 heavy (non-hydrogen) atoms.